The Bertz CT molecular complexity index is 965. The zero-order valence-corrected chi connectivity index (χ0v) is 15.2. The van der Waals surface area contributed by atoms with E-state index in [1.165, 1.54) is 6.07 Å². The molecule has 1 N–H and O–H groups in total. The summed E-state index contributed by atoms with van der Waals surface area (Å²) in [6, 6.07) is 17.7. The third-order valence-corrected chi connectivity index (χ3v) is 5.09. The van der Waals surface area contributed by atoms with Gasteiger partial charge in [0, 0.05) is 36.2 Å². The van der Waals surface area contributed by atoms with Gasteiger partial charge >= 0.3 is 6.03 Å². The lowest BCUT2D eigenvalue weighted by atomic mass is 9.99. The van der Waals surface area contributed by atoms with Crippen LogP contribution < -0.4 is 5.32 Å². The van der Waals surface area contributed by atoms with Crippen molar-refractivity contribution in [2.75, 3.05) is 11.9 Å². The van der Waals surface area contributed by atoms with Crippen LogP contribution in [0, 0.1) is 5.82 Å². The van der Waals surface area contributed by atoms with E-state index >= 15 is 0 Å². The minimum Gasteiger partial charge on any atom is -0.348 e. The number of amides is 2. The molecule has 1 aliphatic rings. The van der Waals surface area contributed by atoms with Gasteiger partial charge in [0.1, 0.15) is 11.9 Å². The number of anilines is 1. The van der Waals surface area contributed by atoms with Gasteiger partial charge in [0.25, 0.3) is 0 Å². The third-order valence-electron chi connectivity index (χ3n) is 5.09. The van der Waals surface area contributed by atoms with Crippen LogP contribution in [0.1, 0.15) is 29.8 Å². The van der Waals surface area contributed by atoms with Gasteiger partial charge < -0.3 is 14.8 Å². The normalized spacial score (nSPS) is 16.1. The number of carbonyl (C=O) groups is 1. The average molecular weight is 363 g/mol. The van der Waals surface area contributed by atoms with E-state index in [2.05, 4.69) is 16.8 Å². The predicted molar refractivity (Wildman–Crippen MR) is 104 cm³/mol. The molecule has 1 atom stereocenters. The summed E-state index contributed by atoms with van der Waals surface area (Å²) >= 11 is 0. The molecule has 5 heteroatoms. The van der Waals surface area contributed by atoms with Gasteiger partial charge in [-0.2, -0.15) is 0 Å². The topological polar surface area (TPSA) is 37.3 Å². The summed E-state index contributed by atoms with van der Waals surface area (Å²) in [4.78, 5) is 14.8. The molecule has 2 amide bonds. The van der Waals surface area contributed by atoms with Crippen molar-refractivity contribution in [1.82, 2.24) is 9.47 Å². The molecule has 27 heavy (non-hydrogen) atoms. The van der Waals surface area contributed by atoms with E-state index in [-0.39, 0.29) is 11.8 Å². The fourth-order valence-corrected chi connectivity index (χ4v) is 3.69. The number of aryl methyl sites for hydroxylation is 1. The molecule has 0 saturated carbocycles. The van der Waals surface area contributed by atoms with E-state index in [1.807, 2.05) is 42.6 Å². The Morgan fingerprint density at radius 1 is 1.11 bits per heavy atom. The summed E-state index contributed by atoms with van der Waals surface area (Å²) in [5.41, 5.74) is 3.34. The van der Waals surface area contributed by atoms with Gasteiger partial charge in [0.15, 0.2) is 0 Å². The number of halogens is 1. The zero-order chi connectivity index (χ0) is 18.8. The molecule has 0 bridgehead atoms. The fourth-order valence-electron chi connectivity index (χ4n) is 3.69. The second-order valence-corrected chi connectivity index (χ2v) is 6.73. The Morgan fingerprint density at radius 2 is 1.96 bits per heavy atom. The van der Waals surface area contributed by atoms with Crippen LogP contribution in [-0.2, 0) is 13.0 Å². The van der Waals surface area contributed by atoms with Crippen LogP contribution in [0.2, 0.25) is 0 Å². The molecule has 3 aromatic rings. The van der Waals surface area contributed by atoms with E-state index < -0.39 is 6.04 Å². The minimum atomic E-state index is -0.454. The average Bonchev–Trinajstić information content (AvgIpc) is 3.17. The van der Waals surface area contributed by atoms with Crippen LogP contribution in [0.4, 0.5) is 14.9 Å². The Morgan fingerprint density at radius 3 is 2.78 bits per heavy atom. The quantitative estimate of drug-likeness (QED) is 0.711. The van der Waals surface area contributed by atoms with Crippen molar-refractivity contribution in [3.63, 3.8) is 0 Å². The highest BCUT2D eigenvalue weighted by atomic mass is 19.1. The highest BCUT2D eigenvalue weighted by molar-refractivity contribution is 5.90. The van der Waals surface area contributed by atoms with E-state index in [0.29, 0.717) is 18.7 Å². The molecular formula is C22H22FN3O. The van der Waals surface area contributed by atoms with E-state index in [0.717, 1.165) is 23.4 Å². The molecule has 1 unspecified atom stereocenters. The van der Waals surface area contributed by atoms with Gasteiger partial charge in [0.2, 0.25) is 0 Å². The lowest BCUT2D eigenvalue weighted by Crippen LogP contribution is -2.44. The zero-order valence-electron chi connectivity index (χ0n) is 15.2. The molecule has 0 fully saturated rings. The first kappa shape index (κ1) is 17.3. The van der Waals surface area contributed by atoms with Crippen LogP contribution in [-0.4, -0.2) is 22.0 Å². The van der Waals surface area contributed by atoms with Crippen molar-refractivity contribution < 1.29 is 9.18 Å². The molecule has 4 nitrogen and oxygen atoms in total. The maximum atomic E-state index is 14.6. The van der Waals surface area contributed by atoms with Gasteiger partial charge in [-0.3, -0.25) is 0 Å². The summed E-state index contributed by atoms with van der Waals surface area (Å²) in [6.07, 6.45) is 2.88. The number of carbonyl (C=O) groups excluding carboxylic acids is 1. The molecule has 2 heterocycles. The standard InChI is InChI=1S/C22H22FN3O/c1-2-16-7-5-8-17(15-16)24-22(27)26-14-13-25-12-6-11-20(25)21(26)18-9-3-4-10-19(18)23/h3-12,15,21H,2,13-14H2,1H3,(H,24,27). The fraction of sp³-hybridized carbons (Fsp3) is 0.227. The number of benzene rings is 2. The molecule has 138 valence electrons. The maximum absolute atomic E-state index is 14.6. The van der Waals surface area contributed by atoms with Crippen LogP contribution in [0.25, 0.3) is 0 Å². The summed E-state index contributed by atoms with van der Waals surface area (Å²) < 4.78 is 16.7. The van der Waals surface area contributed by atoms with Crippen LogP contribution in [0.3, 0.4) is 0 Å². The summed E-state index contributed by atoms with van der Waals surface area (Å²) in [7, 11) is 0. The second kappa shape index (κ2) is 7.27. The van der Waals surface area contributed by atoms with Crippen LogP contribution in [0.15, 0.2) is 66.9 Å². The van der Waals surface area contributed by atoms with Gasteiger partial charge in [-0.1, -0.05) is 37.3 Å². The van der Waals surface area contributed by atoms with Crippen molar-refractivity contribution >= 4 is 11.7 Å². The molecule has 1 aromatic heterocycles. The summed E-state index contributed by atoms with van der Waals surface area (Å²) in [5.74, 6) is -0.303. The molecule has 0 saturated heterocycles. The monoisotopic (exact) mass is 363 g/mol. The Hall–Kier alpha value is -3.08. The molecule has 4 rings (SSSR count). The van der Waals surface area contributed by atoms with Crippen molar-refractivity contribution in [3.8, 4) is 0 Å². The first-order valence-electron chi connectivity index (χ1n) is 9.23. The Labute approximate surface area is 158 Å². The first-order valence-corrected chi connectivity index (χ1v) is 9.23. The lowest BCUT2D eigenvalue weighted by molar-refractivity contribution is 0.180. The number of aromatic nitrogens is 1. The minimum absolute atomic E-state index is 0.219. The van der Waals surface area contributed by atoms with E-state index in [9.17, 15) is 9.18 Å². The van der Waals surface area contributed by atoms with Crippen LogP contribution in [0.5, 0.6) is 0 Å². The summed E-state index contributed by atoms with van der Waals surface area (Å²) in [5, 5.41) is 2.98. The summed E-state index contributed by atoms with van der Waals surface area (Å²) in [6.45, 7) is 3.28. The molecular weight excluding hydrogens is 341 g/mol. The number of fused-ring (bicyclic) bond motifs is 1. The van der Waals surface area contributed by atoms with Crippen molar-refractivity contribution in [2.24, 2.45) is 0 Å². The SMILES string of the molecule is CCc1cccc(NC(=O)N2CCn3cccc3C2c2ccccc2F)c1. The van der Waals surface area contributed by atoms with E-state index in [4.69, 9.17) is 0 Å². The van der Waals surface area contributed by atoms with Crippen LogP contribution >= 0.6 is 0 Å². The smallest absolute Gasteiger partial charge is 0.322 e. The van der Waals surface area contributed by atoms with Gasteiger partial charge in [-0.15, -0.1) is 0 Å². The molecule has 0 spiro atoms. The number of nitrogens with zero attached hydrogens (tertiary/aromatic N) is 2. The number of hydrogen-bond acceptors (Lipinski definition) is 1. The van der Waals surface area contributed by atoms with E-state index in [1.54, 1.807) is 23.1 Å². The van der Waals surface area contributed by atoms with Gasteiger partial charge in [-0.05, 0) is 42.3 Å². The highest BCUT2D eigenvalue weighted by Crippen LogP contribution is 2.34. The third kappa shape index (κ3) is 3.33. The first-order chi connectivity index (χ1) is 13.2. The molecule has 0 aliphatic carbocycles. The van der Waals surface area contributed by atoms with Crippen molar-refractivity contribution in [1.29, 1.82) is 0 Å². The number of rotatable bonds is 3. The number of hydrogen-bond donors (Lipinski definition) is 1. The highest BCUT2D eigenvalue weighted by Gasteiger charge is 2.33. The maximum Gasteiger partial charge on any atom is 0.322 e. The second-order valence-electron chi connectivity index (χ2n) is 6.73. The van der Waals surface area contributed by atoms with Crippen molar-refractivity contribution in [2.45, 2.75) is 25.9 Å². The number of urea groups is 1. The molecule has 2 aromatic carbocycles. The molecule has 1 aliphatic heterocycles. The molecule has 0 radical (unpaired) electrons. The lowest BCUT2D eigenvalue weighted by Gasteiger charge is -2.37. The largest absolute Gasteiger partial charge is 0.348 e. The predicted octanol–water partition coefficient (Wildman–Crippen LogP) is 4.83. The van der Waals surface area contributed by atoms with Crippen molar-refractivity contribution in [3.05, 3.63) is 89.5 Å². The van der Waals surface area contributed by atoms with Gasteiger partial charge in [0.05, 0.1) is 0 Å². The Balaban J connectivity index is 1.68. The van der Waals surface area contributed by atoms with Gasteiger partial charge in [-0.25, -0.2) is 9.18 Å². The number of nitrogens with one attached hydrogen (secondary N) is 1. The Kier molecular flexibility index (Phi) is 4.67.